The fourth-order valence-corrected chi connectivity index (χ4v) is 3.34. The molecule has 1 heterocycles. The highest BCUT2D eigenvalue weighted by Gasteiger charge is 2.17. The molecule has 130 valence electrons. The van der Waals surface area contributed by atoms with Gasteiger partial charge in [0.05, 0.1) is 11.1 Å². The summed E-state index contributed by atoms with van der Waals surface area (Å²) in [5, 5.41) is 4.89. The van der Waals surface area contributed by atoms with Crippen LogP contribution in [0.1, 0.15) is 31.9 Å². The number of rotatable bonds is 4. The van der Waals surface area contributed by atoms with Gasteiger partial charge in [-0.2, -0.15) is 13.5 Å². The minimum Gasteiger partial charge on any atom is -0.361 e. The molecule has 0 aliphatic rings. The van der Waals surface area contributed by atoms with Gasteiger partial charge in [-0.05, 0) is 29.2 Å². The number of aromatic nitrogens is 1. The van der Waals surface area contributed by atoms with Gasteiger partial charge < -0.3 is 4.98 Å². The van der Waals surface area contributed by atoms with Crippen molar-refractivity contribution >= 4 is 27.1 Å². The number of benzene rings is 2. The highest BCUT2D eigenvalue weighted by molar-refractivity contribution is 7.89. The lowest BCUT2D eigenvalue weighted by molar-refractivity contribution is 0.580. The van der Waals surface area contributed by atoms with Crippen LogP contribution in [0.25, 0.3) is 10.9 Å². The first-order valence-corrected chi connectivity index (χ1v) is 9.47. The lowest BCUT2D eigenvalue weighted by atomic mass is 9.87. The Kier molecular flexibility index (Phi) is 4.39. The number of nitrogens with zero attached hydrogens (tertiary/aromatic N) is 1. The largest absolute Gasteiger partial charge is 0.361 e. The summed E-state index contributed by atoms with van der Waals surface area (Å²) in [6.45, 7) is 6.25. The number of H-pyrrole nitrogens is 1. The third-order valence-electron chi connectivity index (χ3n) is 4.03. The molecule has 0 spiro atoms. The van der Waals surface area contributed by atoms with Crippen LogP contribution in [-0.4, -0.2) is 19.6 Å². The molecule has 0 aliphatic heterocycles. The summed E-state index contributed by atoms with van der Waals surface area (Å²) in [6, 6.07) is 14.6. The molecule has 5 nitrogen and oxygen atoms in total. The molecule has 0 fully saturated rings. The zero-order chi connectivity index (χ0) is 18.1. The van der Waals surface area contributed by atoms with Crippen molar-refractivity contribution in [3.8, 4) is 0 Å². The first-order chi connectivity index (χ1) is 11.8. The first-order valence-electron chi connectivity index (χ1n) is 7.99. The summed E-state index contributed by atoms with van der Waals surface area (Å²) in [7, 11) is -3.69. The average Bonchev–Trinajstić information content (AvgIpc) is 2.97. The Hall–Kier alpha value is -2.60. The van der Waals surface area contributed by atoms with Gasteiger partial charge in [0.1, 0.15) is 0 Å². The molecule has 0 unspecified atom stereocenters. The van der Waals surface area contributed by atoms with Gasteiger partial charge in [0, 0.05) is 22.7 Å². The first kappa shape index (κ1) is 17.2. The number of fused-ring (bicyclic) bond motifs is 1. The molecule has 0 bridgehead atoms. The third kappa shape index (κ3) is 3.74. The van der Waals surface area contributed by atoms with E-state index in [4.69, 9.17) is 0 Å². The topological polar surface area (TPSA) is 74.3 Å². The molecule has 3 rings (SSSR count). The number of hydrogen-bond donors (Lipinski definition) is 2. The van der Waals surface area contributed by atoms with Crippen molar-refractivity contribution in [2.24, 2.45) is 5.10 Å². The Balaban J connectivity index is 1.77. The molecule has 25 heavy (non-hydrogen) atoms. The molecule has 6 heteroatoms. The van der Waals surface area contributed by atoms with Crippen LogP contribution >= 0.6 is 0 Å². The SMILES string of the molecule is CC(C)(C)c1ccc(S(=O)(=O)N/N=C/c2c[nH]c3ccccc23)cc1. The fourth-order valence-electron chi connectivity index (χ4n) is 2.55. The normalized spacial score (nSPS) is 12.8. The Bertz CT molecular complexity index is 1010. The summed E-state index contributed by atoms with van der Waals surface area (Å²) in [6.07, 6.45) is 3.29. The third-order valence-corrected chi connectivity index (χ3v) is 5.27. The van der Waals surface area contributed by atoms with E-state index in [0.717, 1.165) is 22.0 Å². The molecule has 1 aromatic heterocycles. The second kappa shape index (κ2) is 6.37. The molecule has 0 saturated heterocycles. The average molecular weight is 355 g/mol. The van der Waals surface area contributed by atoms with Crippen LogP contribution in [-0.2, 0) is 15.4 Å². The summed E-state index contributed by atoms with van der Waals surface area (Å²) >= 11 is 0. The molecule has 0 aliphatic carbocycles. The molecule has 0 atom stereocenters. The fraction of sp³-hybridized carbons (Fsp3) is 0.211. The Labute approximate surface area is 147 Å². The van der Waals surface area contributed by atoms with Gasteiger partial charge in [-0.3, -0.25) is 0 Å². The predicted octanol–water partition coefficient (Wildman–Crippen LogP) is 3.78. The van der Waals surface area contributed by atoms with Crippen LogP contribution < -0.4 is 4.83 Å². The maximum atomic E-state index is 12.4. The maximum absolute atomic E-state index is 12.4. The van der Waals surface area contributed by atoms with E-state index in [1.54, 1.807) is 18.3 Å². The van der Waals surface area contributed by atoms with E-state index in [-0.39, 0.29) is 10.3 Å². The van der Waals surface area contributed by atoms with E-state index in [1.165, 1.54) is 6.21 Å². The van der Waals surface area contributed by atoms with Crippen LogP contribution in [0.4, 0.5) is 0 Å². The number of aromatic amines is 1. The predicted molar refractivity (Wildman–Crippen MR) is 101 cm³/mol. The smallest absolute Gasteiger partial charge is 0.276 e. The Morgan fingerprint density at radius 2 is 1.72 bits per heavy atom. The van der Waals surface area contributed by atoms with E-state index in [2.05, 4.69) is 35.7 Å². The van der Waals surface area contributed by atoms with Gasteiger partial charge in [0.2, 0.25) is 0 Å². The van der Waals surface area contributed by atoms with Crippen molar-refractivity contribution in [1.82, 2.24) is 9.82 Å². The van der Waals surface area contributed by atoms with E-state index in [0.29, 0.717) is 0 Å². The lowest BCUT2D eigenvalue weighted by Crippen LogP contribution is -2.19. The van der Waals surface area contributed by atoms with Crippen molar-refractivity contribution < 1.29 is 8.42 Å². The van der Waals surface area contributed by atoms with Crippen LogP contribution in [0.2, 0.25) is 0 Å². The zero-order valence-corrected chi connectivity index (χ0v) is 15.3. The van der Waals surface area contributed by atoms with Crippen LogP contribution in [0.3, 0.4) is 0 Å². The molecule has 3 aromatic rings. The van der Waals surface area contributed by atoms with Crippen LogP contribution in [0.15, 0.2) is 64.7 Å². The summed E-state index contributed by atoms with van der Waals surface area (Å²) in [4.78, 5) is 5.57. The standard InChI is InChI=1S/C19H21N3O2S/c1-19(2,3)15-8-10-16(11-9-15)25(23,24)22-21-13-14-12-20-18-7-5-4-6-17(14)18/h4-13,20,22H,1-3H3/b21-13+. The monoisotopic (exact) mass is 355 g/mol. The molecular weight excluding hydrogens is 334 g/mol. The van der Waals surface area contributed by atoms with Gasteiger partial charge >= 0.3 is 0 Å². The van der Waals surface area contributed by atoms with Crippen molar-refractivity contribution in [3.63, 3.8) is 0 Å². The number of nitrogens with one attached hydrogen (secondary N) is 2. The van der Waals surface area contributed by atoms with E-state index in [9.17, 15) is 8.42 Å². The summed E-state index contributed by atoms with van der Waals surface area (Å²) < 4.78 is 24.7. The minimum absolute atomic E-state index is 0.0246. The van der Waals surface area contributed by atoms with Crippen LogP contribution in [0.5, 0.6) is 0 Å². The summed E-state index contributed by atoms with van der Waals surface area (Å²) in [5.41, 5.74) is 2.85. The van der Waals surface area contributed by atoms with E-state index in [1.807, 2.05) is 36.4 Å². The van der Waals surface area contributed by atoms with Gasteiger partial charge in [-0.25, -0.2) is 4.83 Å². The second-order valence-electron chi connectivity index (χ2n) is 6.92. The molecule has 2 N–H and O–H groups in total. The van der Waals surface area contributed by atoms with E-state index < -0.39 is 10.0 Å². The van der Waals surface area contributed by atoms with Gasteiger partial charge in [-0.15, -0.1) is 0 Å². The lowest BCUT2D eigenvalue weighted by Gasteiger charge is -2.19. The van der Waals surface area contributed by atoms with Crippen LogP contribution in [0, 0.1) is 0 Å². The van der Waals surface area contributed by atoms with Crippen molar-refractivity contribution in [2.45, 2.75) is 31.1 Å². The second-order valence-corrected chi connectivity index (χ2v) is 8.58. The molecule has 2 aromatic carbocycles. The highest BCUT2D eigenvalue weighted by atomic mass is 32.2. The number of hydrazone groups is 1. The van der Waals surface area contributed by atoms with Gasteiger partial charge in [-0.1, -0.05) is 51.1 Å². The van der Waals surface area contributed by atoms with E-state index >= 15 is 0 Å². The van der Waals surface area contributed by atoms with Gasteiger partial charge in [0.25, 0.3) is 10.0 Å². The van der Waals surface area contributed by atoms with Crippen molar-refractivity contribution in [1.29, 1.82) is 0 Å². The van der Waals surface area contributed by atoms with Crippen molar-refractivity contribution in [2.75, 3.05) is 0 Å². The number of para-hydroxylation sites is 1. The Morgan fingerprint density at radius 3 is 2.40 bits per heavy atom. The summed E-state index contributed by atoms with van der Waals surface area (Å²) in [5.74, 6) is 0. The quantitative estimate of drug-likeness (QED) is 0.552. The molecular formula is C19H21N3O2S. The van der Waals surface area contributed by atoms with Crippen molar-refractivity contribution in [3.05, 3.63) is 65.9 Å². The maximum Gasteiger partial charge on any atom is 0.276 e. The Morgan fingerprint density at radius 1 is 1.04 bits per heavy atom. The van der Waals surface area contributed by atoms with Gasteiger partial charge in [0.15, 0.2) is 0 Å². The zero-order valence-electron chi connectivity index (χ0n) is 14.4. The number of sulfonamides is 1. The molecule has 0 saturated carbocycles. The highest BCUT2D eigenvalue weighted by Crippen LogP contribution is 2.23. The minimum atomic E-state index is -3.69. The molecule has 0 amide bonds. The number of hydrogen-bond acceptors (Lipinski definition) is 3. The molecule has 0 radical (unpaired) electrons.